The van der Waals surface area contributed by atoms with Gasteiger partial charge >= 0.3 is 0 Å². The number of rotatable bonds is 3. The van der Waals surface area contributed by atoms with Gasteiger partial charge in [0.25, 0.3) is 0 Å². The van der Waals surface area contributed by atoms with Crippen LogP contribution in [0.1, 0.15) is 12.8 Å². The SMILES string of the molecule is NC(=O)[C@H]1CCCN1c1ccc(-c2ccnc(Cl)n2)cn1. The second-order valence-electron chi connectivity index (χ2n) is 4.87. The topological polar surface area (TPSA) is 85.0 Å². The van der Waals surface area contributed by atoms with E-state index in [0.717, 1.165) is 30.8 Å². The summed E-state index contributed by atoms with van der Waals surface area (Å²) in [4.78, 5) is 25.8. The number of anilines is 1. The van der Waals surface area contributed by atoms with E-state index in [1.54, 1.807) is 18.5 Å². The lowest BCUT2D eigenvalue weighted by Gasteiger charge is -2.23. The number of hydrogen-bond acceptors (Lipinski definition) is 5. The zero-order valence-electron chi connectivity index (χ0n) is 11.2. The molecule has 2 N–H and O–H groups in total. The van der Waals surface area contributed by atoms with Gasteiger partial charge in [-0.1, -0.05) is 0 Å². The van der Waals surface area contributed by atoms with E-state index in [-0.39, 0.29) is 17.2 Å². The van der Waals surface area contributed by atoms with Crippen molar-refractivity contribution in [2.24, 2.45) is 5.73 Å². The first-order valence-corrected chi connectivity index (χ1v) is 7.04. The number of aromatic nitrogens is 3. The first-order valence-electron chi connectivity index (χ1n) is 6.66. The molecule has 2 aromatic rings. The van der Waals surface area contributed by atoms with E-state index in [9.17, 15) is 4.79 Å². The summed E-state index contributed by atoms with van der Waals surface area (Å²) in [6.45, 7) is 0.791. The highest BCUT2D eigenvalue weighted by Crippen LogP contribution is 2.25. The lowest BCUT2D eigenvalue weighted by atomic mass is 10.2. The molecule has 1 aliphatic rings. The summed E-state index contributed by atoms with van der Waals surface area (Å²) in [5, 5.41) is 0.199. The minimum atomic E-state index is -0.305. The predicted molar refractivity (Wildman–Crippen MR) is 79.8 cm³/mol. The lowest BCUT2D eigenvalue weighted by Crippen LogP contribution is -2.40. The maximum atomic E-state index is 11.4. The van der Waals surface area contributed by atoms with Crippen LogP contribution in [0.2, 0.25) is 5.28 Å². The molecule has 0 aliphatic carbocycles. The third-order valence-electron chi connectivity index (χ3n) is 3.55. The standard InChI is InChI=1S/C14H14ClN5O/c15-14-17-6-5-10(19-14)9-3-4-12(18-8-9)20-7-1-2-11(20)13(16)21/h3-6,8,11H,1-2,7H2,(H2,16,21)/t11-/m1/s1. The third-order valence-corrected chi connectivity index (χ3v) is 3.73. The number of carbonyl (C=O) groups is 1. The number of halogens is 1. The van der Waals surface area contributed by atoms with Gasteiger partial charge in [0.2, 0.25) is 11.2 Å². The van der Waals surface area contributed by atoms with E-state index < -0.39 is 0 Å². The van der Waals surface area contributed by atoms with Crippen LogP contribution in [-0.4, -0.2) is 33.4 Å². The van der Waals surface area contributed by atoms with Crippen LogP contribution in [0.15, 0.2) is 30.6 Å². The number of nitrogens with zero attached hydrogens (tertiary/aromatic N) is 4. The summed E-state index contributed by atoms with van der Waals surface area (Å²) in [5.74, 6) is 0.446. The Morgan fingerprint density at radius 2 is 2.19 bits per heavy atom. The van der Waals surface area contributed by atoms with Crippen molar-refractivity contribution in [3.05, 3.63) is 35.9 Å². The van der Waals surface area contributed by atoms with E-state index >= 15 is 0 Å². The highest BCUT2D eigenvalue weighted by atomic mass is 35.5. The van der Waals surface area contributed by atoms with Crippen molar-refractivity contribution in [3.8, 4) is 11.3 Å². The Morgan fingerprint density at radius 1 is 1.33 bits per heavy atom. The second-order valence-corrected chi connectivity index (χ2v) is 5.21. The van der Waals surface area contributed by atoms with Crippen LogP contribution < -0.4 is 10.6 Å². The van der Waals surface area contributed by atoms with E-state index in [1.807, 2.05) is 17.0 Å². The van der Waals surface area contributed by atoms with E-state index in [0.29, 0.717) is 5.69 Å². The average molecular weight is 304 g/mol. The zero-order chi connectivity index (χ0) is 14.8. The van der Waals surface area contributed by atoms with Gasteiger partial charge in [0.15, 0.2) is 0 Å². The van der Waals surface area contributed by atoms with Gasteiger partial charge < -0.3 is 10.6 Å². The molecule has 3 heterocycles. The first-order chi connectivity index (χ1) is 10.1. The molecule has 0 aromatic carbocycles. The Labute approximate surface area is 127 Å². The van der Waals surface area contributed by atoms with Crippen LogP contribution in [-0.2, 0) is 4.79 Å². The number of pyridine rings is 1. The number of hydrogen-bond donors (Lipinski definition) is 1. The van der Waals surface area contributed by atoms with Crippen molar-refractivity contribution in [2.45, 2.75) is 18.9 Å². The second kappa shape index (κ2) is 5.65. The quantitative estimate of drug-likeness (QED) is 0.871. The van der Waals surface area contributed by atoms with Crippen LogP contribution >= 0.6 is 11.6 Å². The van der Waals surface area contributed by atoms with Gasteiger partial charge in [-0.05, 0) is 42.6 Å². The minimum Gasteiger partial charge on any atom is -0.368 e. The molecule has 1 fully saturated rings. The lowest BCUT2D eigenvalue weighted by molar-refractivity contribution is -0.119. The summed E-state index contributed by atoms with van der Waals surface area (Å²) >= 11 is 5.78. The molecule has 0 radical (unpaired) electrons. The molecule has 3 rings (SSSR count). The van der Waals surface area contributed by atoms with Gasteiger partial charge in [0, 0.05) is 24.5 Å². The molecule has 6 nitrogen and oxygen atoms in total. The maximum Gasteiger partial charge on any atom is 0.240 e. The fraction of sp³-hybridized carbons (Fsp3) is 0.286. The molecule has 1 atom stereocenters. The molecule has 1 amide bonds. The molecule has 0 spiro atoms. The van der Waals surface area contributed by atoms with Crippen molar-refractivity contribution < 1.29 is 4.79 Å². The summed E-state index contributed by atoms with van der Waals surface area (Å²) in [5.41, 5.74) is 6.98. The highest BCUT2D eigenvalue weighted by molar-refractivity contribution is 6.28. The molecular weight excluding hydrogens is 290 g/mol. The van der Waals surface area contributed by atoms with Crippen molar-refractivity contribution >= 4 is 23.3 Å². The van der Waals surface area contributed by atoms with Crippen molar-refractivity contribution in [1.82, 2.24) is 15.0 Å². The molecular formula is C14H14ClN5O. The minimum absolute atomic E-state index is 0.199. The van der Waals surface area contributed by atoms with Crippen molar-refractivity contribution in [3.63, 3.8) is 0 Å². The molecule has 0 saturated carbocycles. The van der Waals surface area contributed by atoms with Gasteiger partial charge in [-0.15, -0.1) is 0 Å². The Balaban J connectivity index is 1.86. The molecule has 2 aromatic heterocycles. The van der Waals surface area contributed by atoms with E-state index in [1.165, 1.54) is 0 Å². The molecule has 0 unspecified atom stereocenters. The highest BCUT2D eigenvalue weighted by Gasteiger charge is 2.29. The smallest absolute Gasteiger partial charge is 0.240 e. The number of amides is 1. The molecule has 7 heteroatoms. The third kappa shape index (κ3) is 2.80. The van der Waals surface area contributed by atoms with Crippen LogP contribution in [0.5, 0.6) is 0 Å². The van der Waals surface area contributed by atoms with Gasteiger partial charge in [-0.3, -0.25) is 4.79 Å². The van der Waals surface area contributed by atoms with Gasteiger partial charge in [-0.2, -0.15) is 0 Å². The summed E-state index contributed by atoms with van der Waals surface area (Å²) in [6.07, 6.45) is 5.03. The zero-order valence-corrected chi connectivity index (χ0v) is 12.0. The molecule has 21 heavy (non-hydrogen) atoms. The van der Waals surface area contributed by atoms with Gasteiger partial charge in [0.05, 0.1) is 5.69 Å². The Hall–Kier alpha value is -2.21. The van der Waals surface area contributed by atoms with Gasteiger partial charge in [-0.25, -0.2) is 15.0 Å². The Bertz CT molecular complexity index is 661. The summed E-state index contributed by atoms with van der Waals surface area (Å²) in [6, 6.07) is 5.27. The van der Waals surface area contributed by atoms with Crippen molar-refractivity contribution in [2.75, 3.05) is 11.4 Å². The molecule has 1 aliphatic heterocycles. The summed E-state index contributed by atoms with van der Waals surface area (Å²) < 4.78 is 0. The van der Waals surface area contributed by atoms with Gasteiger partial charge in [0.1, 0.15) is 11.9 Å². The van der Waals surface area contributed by atoms with E-state index in [2.05, 4.69) is 15.0 Å². The normalized spacial score (nSPS) is 18.0. The fourth-order valence-corrected chi connectivity index (χ4v) is 2.69. The number of nitrogens with two attached hydrogens (primary N) is 1. The largest absolute Gasteiger partial charge is 0.368 e. The molecule has 0 bridgehead atoms. The Morgan fingerprint density at radius 3 is 2.86 bits per heavy atom. The predicted octanol–water partition coefficient (Wildman–Crippen LogP) is 1.65. The number of primary amides is 1. The average Bonchev–Trinajstić information content (AvgIpc) is 2.97. The van der Waals surface area contributed by atoms with E-state index in [4.69, 9.17) is 17.3 Å². The molecule has 1 saturated heterocycles. The van der Waals surface area contributed by atoms with Crippen LogP contribution in [0.25, 0.3) is 11.3 Å². The fourth-order valence-electron chi connectivity index (χ4n) is 2.54. The molecule has 108 valence electrons. The van der Waals surface area contributed by atoms with Crippen LogP contribution in [0.3, 0.4) is 0 Å². The van der Waals surface area contributed by atoms with Crippen LogP contribution in [0, 0.1) is 0 Å². The van der Waals surface area contributed by atoms with Crippen LogP contribution in [0.4, 0.5) is 5.82 Å². The number of carbonyl (C=O) groups excluding carboxylic acids is 1. The maximum absolute atomic E-state index is 11.4. The Kier molecular flexibility index (Phi) is 3.70. The van der Waals surface area contributed by atoms with Crippen molar-refractivity contribution in [1.29, 1.82) is 0 Å². The summed E-state index contributed by atoms with van der Waals surface area (Å²) in [7, 11) is 0. The monoisotopic (exact) mass is 303 g/mol. The first kappa shape index (κ1) is 13.8.